The molecule has 1 unspecified atom stereocenters. The molecule has 6 nitrogen and oxygen atoms in total. The van der Waals surface area contributed by atoms with Crippen molar-refractivity contribution >= 4 is 11.6 Å². The predicted octanol–water partition coefficient (Wildman–Crippen LogP) is 3.09. The fourth-order valence-corrected chi connectivity index (χ4v) is 3.32. The van der Waals surface area contributed by atoms with Crippen LogP contribution in [0.15, 0.2) is 41.5 Å². The van der Waals surface area contributed by atoms with Crippen molar-refractivity contribution in [3.05, 3.63) is 53.7 Å². The van der Waals surface area contributed by atoms with Crippen LogP contribution in [0, 0.1) is 11.6 Å². The van der Waals surface area contributed by atoms with Crippen molar-refractivity contribution in [1.29, 1.82) is 0 Å². The van der Waals surface area contributed by atoms with E-state index in [0.29, 0.717) is 43.8 Å². The summed E-state index contributed by atoms with van der Waals surface area (Å²) < 4.78 is 32.8. The topological polar surface area (TPSA) is 61.8 Å². The monoisotopic (exact) mass is 403 g/mol. The summed E-state index contributed by atoms with van der Waals surface area (Å²) in [5.74, 6) is 0.174. The van der Waals surface area contributed by atoms with Crippen molar-refractivity contribution in [2.45, 2.75) is 32.9 Å². The lowest BCUT2D eigenvalue weighted by Gasteiger charge is -2.21. The average Bonchev–Trinajstić information content (AvgIpc) is 3.15. The molecule has 1 aromatic heterocycles. The van der Waals surface area contributed by atoms with Crippen LogP contribution < -0.4 is 20.3 Å². The Bertz CT molecular complexity index is 846. The number of pyridine rings is 1. The molecule has 156 valence electrons. The maximum atomic E-state index is 14.1. The van der Waals surface area contributed by atoms with E-state index < -0.39 is 11.6 Å². The van der Waals surface area contributed by atoms with E-state index in [-0.39, 0.29) is 6.04 Å². The zero-order valence-electron chi connectivity index (χ0n) is 16.8. The van der Waals surface area contributed by atoms with Gasteiger partial charge in [-0.25, -0.2) is 18.8 Å². The summed E-state index contributed by atoms with van der Waals surface area (Å²) in [6.45, 7) is 6.93. The Balaban J connectivity index is 1.64. The van der Waals surface area contributed by atoms with E-state index in [1.807, 2.05) is 30.9 Å². The number of nitrogens with one attached hydrogen (secondary N) is 2. The van der Waals surface area contributed by atoms with Crippen LogP contribution in [0.1, 0.15) is 25.8 Å². The van der Waals surface area contributed by atoms with E-state index in [1.54, 1.807) is 6.20 Å². The third kappa shape index (κ3) is 5.56. The molecule has 3 rings (SSSR count). The Morgan fingerprint density at radius 3 is 2.93 bits per heavy atom. The van der Waals surface area contributed by atoms with Crippen molar-refractivity contribution in [3.8, 4) is 5.88 Å². The summed E-state index contributed by atoms with van der Waals surface area (Å²) in [4.78, 5) is 10.8. The summed E-state index contributed by atoms with van der Waals surface area (Å²) in [7, 11) is 0. The van der Waals surface area contributed by atoms with E-state index in [4.69, 9.17) is 4.74 Å². The second kappa shape index (κ2) is 10.0. The quantitative estimate of drug-likeness (QED) is 0.550. The molecule has 0 radical (unpaired) electrons. The van der Waals surface area contributed by atoms with Gasteiger partial charge in [0.15, 0.2) is 5.96 Å². The van der Waals surface area contributed by atoms with Crippen LogP contribution in [0.4, 0.5) is 14.5 Å². The van der Waals surface area contributed by atoms with Crippen LogP contribution in [-0.4, -0.2) is 43.2 Å². The molecule has 0 saturated carbocycles. The number of halogens is 2. The SMILES string of the molecule is CCNC(=NCc1cccnc1OCC)NC1CCN(c2ccc(F)cc2F)C1. The first-order chi connectivity index (χ1) is 14.1. The van der Waals surface area contributed by atoms with Crippen molar-refractivity contribution in [2.75, 3.05) is 31.1 Å². The number of aliphatic imine (C=N–C) groups is 1. The van der Waals surface area contributed by atoms with Crippen molar-refractivity contribution < 1.29 is 13.5 Å². The molecule has 29 heavy (non-hydrogen) atoms. The lowest BCUT2D eigenvalue weighted by atomic mass is 10.2. The molecule has 0 spiro atoms. The van der Waals surface area contributed by atoms with Gasteiger partial charge in [-0.05, 0) is 38.5 Å². The minimum atomic E-state index is -0.566. The molecular formula is C21H27F2N5O. The maximum absolute atomic E-state index is 14.1. The molecule has 8 heteroatoms. The summed E-state index contributed by atoms with van der Waals surface area (Å²) in [6.07, 6.45) is 2.53. The zero-order valence-corrected chi connectivity index (χ0v) is 16.8. The largest absolute Gasteiger partial charge is 0.478 e. The molecule has 1 aromatic carbocycles. The minimum Gasteiger partial charge on any atom is -0.478 e. The highest BCUT2D eigenvalue weighted by molar-refractivity contribution is 5.80. The Labute approximate surface area is 170 Å². The summed E-state index contributed by atoms with van der Waals surface area (Å²) in [5.41, 5.74) is 1.34. The number of anilines is 1. The van der Waals surface area contributed by atoms with Crippen LogP contribution in [-0.2, 0) is 6.54 Å². The fourth-order valence-electron chi connectivity index (χ4n) is 3.32. The zero-order chi connectivity index (χ0) is 20.6. The van der Waals surface area contributed by atoms with Crippen molar-refractivity contribution in [3.63, 3.8) is 0 Å². The molecule has 0 aliphatic carbocycles. The number of guanidine groups is 1. The molecule has 1 atom stereocenters. The Hall–Kier alpha value is -2.90. The summed E-state index contributed by atoms with van der Waals surface area (Å²) in [5, 5.41) is 6.65. The normalized spacial score (nSPS) is 16.8. The molecule has 2 N–H and O–H groups in total. The summed E-state index contributed by atoms with van der Waals surface area (Å²) in [6, 6.07) is 7.61. The number of rotatable bonds is 7. The number of ether oxygens (including phenoxy) is 1. The third-order valence-corrected chi connectivity index (χ3v) is 4.66. The van der Waals surface area contributed by atoms with Gasteiger partial charge >= 0.3 is 0 Å². The number of hydrogen-bond donors (Lipinski definition) is 2. The first-order valence-electron chi connectivity index (χ1n) is 9.92. The number of aromatic nitrogens is 1. The highest BCUT2D eigenvalue weighted by atomic mass is 19.1. The summed E-state index contributed by atoms with van der Waals surface area (Å²) >= 11 is 0. The van der Waals surface area contributed by atoms with Crippen LogP contribution >= 0.6 is 0 Å². The van der Waals surface area contributed by atoms with Gasteiger partial charge in [0.2, 0.25) is 5.88 Å². The van der Waals surface area contributed by atoms with Crippen LogP contribution in [0.3, 0.4) is 0 Å². The van der Waals surface area contributed by atoms with Crippen LogP contribution in [0.2, 0.25) is 0 Å². The number of benzene rings is 1. The molecule has 2 aromatic rings. The first-order valence-corrected chi connectivity index (χ1v) is 9.92. The Morgan fingerprint density at radius 1 is 1.31 bits per heavy atom. The van der Waals surface area contributed by atoms with E-state index in [0.717, 1.165) is 24.6 Å². The third-order valence-electron chi connectivity index (χ3n) is 4.66. The fraction of sp³-hybridized carbons (Fsp3) is 0.429. The van der Waals surface area contributed by atoms with Gasteiger partial charge in [-0.15, -0.1) is 0 Å². The number of nitrogens with zero attached hydrogens (tertiary/aromatic N) is 3. The molecule has 2 heterocycles. The average molecular weight is 403 g/mol. The van der Waals surface area contributed by atoms with Gasteiger partial charge in [-0.3, -0.25) is 0 Å². The molecule has 1 saturated heterocycles. The van der Waals surface area contributed by atoms with Gasteiger partial charge in [0, 0.05) is 43.5 Å². The second-order valence-electron chi connectivity index (χ2n) is 6.77. The van der Waals surface area contributed by atoms with Crippen LogP contribution in [0.25, 0.3) is 0 Å². The molecule has 1 aliphatic heterocycles. The lowest BCUT2D eigenvalue weighted by molar-refractivity contribution is 0.323. The predicted molar refractivity (Wildman–Crippen MR) is 110 cm³/mol. The smallest absolute Gasteiger partial charge is 0.218 e. The van der Waals surface area contributed by atoms with Crippen molar-refractivity contribution in [2.24, 2.45) is 4.99 Å². The highest BCUT2D eigenvalue weighted by Gasteiger charge is 2.25. The van der Waals surface area contributed by atoms with E-state index >= 15 is 0 Å². The standard InChI is InChI=1S/C21H27F2N5O/c1-3-24-21(26-13-15-6-5-10-25-20(15)29-4-2)27-17-9-11-28(14-17)19-8-7-16(22)12-18(19)23/h5-8,10,12,17H,3-4,9,11,13-14H2,1-2H3,(H2,24,26,27). The van der Waals surface area contributed by atoms with E-state index in [9.17, 15) is 8.78 Å². The Kier molecular flexibility index (Phi) is 7.21. The minimum absolute atomic E-state index is 0.109. The van der Waals surface area contributed by atoms with E-state index in [1.165, 1.54) is 12.1 Å². The molecule has 1 fully saturated rings. The Morgan fingerprint density at radius 2 is 2.17 bits per heavy atom. The van der Waals surface area contributed by atoms with Gasteiger partial charge in [0.1, 0.15) is 11.6 Å². The molecular weight excluding hydrogens is 376 g/mol. The van der Waals surface area contributed by atoms with Crippen LogP contribution in [0.5, 0.6) is 5.88 Å². The molecule has 0 bridgehead atoms. The molecule has 0 amide bonds. The second-order valence-corrected chi connectivity index (χ2v) is 6.77. The maximum Gasteiger partial charge on any atom is 0.218 e. The van der Waals surface area contributed by atoms with E-state index in [2.05, 4.69) is 20.6 Å². The van der Waals surface area contributed by atoms with Gasteiger partial charge in [0.05, 0.1) is 18.8 Å². The molecule has 1 aliphatic rings. The first kappa shape index (κ1) is 20.8. The highest BCUT2D eigenvalue weighted by Crippen LogP contribution is 2.24. The van der Waals surface area contributed by atoms with Crippen molar-refractivity contribution in [1.82, 2.24) is 15.6 Å². The van der Waals surface area contributed by atoms with Gasteiger partial charge < -0.3 is 20.3 Å². The number of hydrogen-bond acceptors (Lipinski definition) is 4. The van der Waals surface area contributed by atoms with Gasteiger partial charge in [0.25, 0.3) is 0 Å². The lowest BCUT2D eigenvalue weighted by Crippen LogP contribution is -2.44. The van der Waals surface area contributed by atoms with Gasteiger partial charge in [-0.1, -0.05) is 6.07 Å². The van der Waals surface area contributed by atoms with Gasteiger partial charge in [-0.2, -0.15) is 0 Å².